The second-order valence-corrected chi connectivity index (χ2v) is 3.20. The average molecular weight is 166 g/mol. The van der Waals surface area contributed by atoms with Gasteiger partial charge < -0.3 is 10.6 Å². The minimum Gasteiger partial charge on any atom is -0.382 e. The van der Waals surface area contributed by atoms with Gasteiger partial charge in [0.15, 0.2) is 0 Å². The van der Waals surface area contributed by atoms with Crippen LogP contribution >= 0.6 is 0 Å². The van der Waals surface area contributed by atoms with Crippen LogP contribution in [0.1, 0.15) is 6.42 Å². The molecule has 0 spiro atoms. The Labute approximate surface area is 72.0 Å². The molecule has 12 heavy (non-hydrogen) atoms. The van der Waals surface area contributed by atoms with Crippen LogP contribution in [0.25, 0.3) is 0 Å². The standard InChI is InChI=1S/C8H14N4/c9-8-2-5-12(10-8)7-6-11-3-1-4-11/h2,5H,1,3-4,6-7H2,(H2,9,10). The molecule has 0 amide bonds. The maximum Gasteiger partial charge on any atom is 0.145 e. The van der Waals surface area contributed by atoms with Crippen molar-refractivity contribution in [3.63, 3.8) is 0 Å². The molecule has 1 aliphatic rings. The predicted molar refractivity (Wildman–Crippen MR) is 47.7 cm³/mol. The van der Waals surface area contributed by atoms with Gasteiger partial charge in [-0.05, 0) is 25.6 Å². The van der Waals surface area contributed by atoms with E-state index in [-0.39, 0.29) is 0 Å². The zero-order valence-corrected chi connectivity index (χ0v) is 7.11. The smallest absolute Gasteiger partial charge is 0.145 e. The molecule has 0 saturated carbocycles. The average Bonchev–Trinajstić information content (AvgIpc) is 2.32. The minimum atomic E-state index is 0.610. The lowest BCUT2D eigenvalue weighted by atomic mass is 10.2. The van der Waals surface area contributed by atoms with Crippen LogP contribution in [0.5, 0.6) is 0 Å². The molecular formula is C8H14N4. The summed E-state index contributed by atoms with van der Waals surface area (Å²) < 4.78 is 1.90. The van der Waals surface area contributed by atoms with E-state index in [0.717, 1.165) is 13.1 Å². The fourth-order valence-corrected chi connectivity index (χ4v) is 1.35. The van der Waals surface area contributed by atoms with Crippen molar-refractivity contribution < 1.29 is 0 Å². The first-order valence-electron chi connectivity index (χ1n) is 4.36. The Balaban J connectivity index is 1.79. The summed E-state index contributed by atoms with van der Waals surface area (Å²) >= 11 is 0. The van der Waals surface area contributed by atoms with Gasteiger partial charge in [0.05, 0.1) is 6.54 Å². The third kappa shape index (κ3) is 1.58. The number of hydrogen-bond donors (Lipinski definition) is 1. The number of anilines is 1. The predicted octanol–water partition coefficient (Wildman–Crippen LogP) is 0.171. The summed E-state index contributed by atoms with van der Waals surface area (Å²) in [7, 11) is 0. The van der Waals surface area contributed by atoms with Gasteiger partial charge in [-0.25, -0.2) is 0 Å². The summed E-state index contributed by atoms with van der Waals surface area (Å²) in [4.78, 5) is 2.41. The van der Waals surface area contributed by atoms with Crippen LogP contribution < -0.4 is 5.73 Å². The van der Waals surface area contributed by atoms with Crippen molar-refractivity contribution in [3.05, 3.63) is 12.3 Å². The Hall–Kier alpha value is -1.03. The molecule has 1 aliphatic heterocycles. The Kier molecular flexibility index (Phi) is 1.99. The SMILES string of the molecule is Nc1ccn(CCN2CCC2)n1. The fraction of sp³-hybridized carbons (Fsp3) is 0.625. The van der Waals surface area contributed by atoms with Crippen molar-refractivity contribution in [3.8, 4) is 0 Å². The third-order valence-electron chi connectivity index (χ3n) is 2.26. The summed E-state index contributed by atoms with van der Waals surface area (Å²) in [5, 5.41) is 4.11. The van der Waals surface area contributed by atoms with Crippen LogP contribution in [0.2, 0.25) is 0 Å². The normalized spacial score (nSPS) is 17.7. The Morgan fingerprint density at radius 2 is 2.25 bits per heavy atom. The van der Waals surface area contributed by atoms with E-state index < -0.39 is 0 Å². The monoisotopic (exact) mass is 166 g/mol. The molecule has 0 radical (unpaired) electrons. The van der Waals surface area contributed by atoms with Crippen molar-refractivity contribution in [2.45, 2.75) is 13.0 Å². The molecule has 1 aromatic rings. The molecule has 0 unspecified atom stereocenters. The molecule has 2 heterocycles. The molecule has 4 heteroatoms. The first kappa shape index (κ1) is 7.61. The maximum absolute atomic E-state index is 5.49. The third-order valence-corrected chi connectivity index (χ3v) is 2.26. The van der Waals surface area contributed by atoms with Crippen LogP contribution in [-0.4, -0.2) is 34.3 Å². The molecule has 1 saturated heterocycles. The number of nitrogens with two attached hydrogens (primary N) is 1. The highest BCUT2D eigenvalue weighted by Gasteiger charge is 2.12. The van der Waals surface area contributed by atoms with Gasteiger partial charge >= 0.3 is 0 Å². The van der Waals surface area contributed by atoms with Crippen LogP contribution in [0.4, 0.5) is 5.82 Å². The number of aromatic nitrogens is 2. The van der Waals surface area contributed by atoms with Crippen LogP contribution in [0.15, 0.2) is 12.3 Å². The van der Waals surface area contributed by atoms with Crippen molar-refractivity contribution >= 4 is 5.82 Å². The molecule has 1 fully saturated rings. The number of likely N-dealkylation sites (tertiary alicyclic amines) is 1. The Morgan fingerprint density at radius 1 is 1.42 bits per heavy atom. The van der Waals surface area contributed by atoms with Gasteiger partial charge in [0, 0.05) is 12.7 Å². The quantitative estimate of drug-likeness (QED) is 0.696. The molecule has 0 bridgehead atoms. The molecule has 0 atom stereocenters. The fourth-order valence-electron chi connectivity index (χ4n) is 1.35. The van der Waals surface area contributed by atoms with E-state index in [1.165, 1.54) is 19.5 Å². The van der Waals surface area contributed by atoms with Gasteiger partial charge in [0.1, 0.15) is 5.82 Å². The maximum atomic E-state index is 5.49. The summed E-state index contributed by atoms with van der Waals surface area (Å²) in [6, 6.07) is 1.83. The molecule has 1 aromatic heterocycles. The van der Waals surface area contributed by atoms with Gasteiger partial charge in [-0.2, -0.15) is 5.10 Å². The van der Waals surface area contributed by atoms with Gasteiger partial charge in [0.25, 0.3) is 0 Å². The van der Waals surface area contributed by atoms with Crippen LogP contribution in [0, 0.1) is 0 Å². The highest BCUT2D eigenvalue weighted by molar-refractivity contribution is 5.23. The minimum absolute atomic E-state index is 0.610. The zero-order valence-electron chi connectivity index (χ0n) is 7.11. The largest absolute Gasteiger partial charge is 0.382 e. The summed E-state index contributed by atoms with van der Waals surface area (Å²) in [6.45, 7) is 4.55. The number of nitrogen functional groups attached to an aromatic ring is 1. The van der Waals surface area contributed by atoms with Gasteiger partial charge in [-0.3, -0.25) is 4.68 Å². The second kappa shape index (κ2) is 3.15. The van der Waals surface area contributed by atoms with Gasteiger partial charge in [-0.15, -0.1) is 0 Å². The van der Waals surface area contributed by atoms with Crippen molar-refractivity contribution in [1.82, 2.24) is 14.7 Å². The second-order valence-electron chi connectivity index (χ2n) is 3.20. The topological polar surface area (TPSA) is 47.1 Å². The van der Waals surface area contributed by atoms with Gasteiger partial charge in [-0.1, -0.05) is 0 Å². The molecule has 66 valence electrons. The van der Waals surface area contributed by atoms with E-state index >= 15 is 0 Å². The molecule has 2 rings (SSSR count). The van der Waals surface area contributed by atoms with Crippen molar-refractivity contribution in [2.24, 2.45) is 0 Å². The first-order chi connectivity index (χ1) is 5.84. The first-order valence-corrected chi connectivity index (χ1v) is 4.36. The Morgan fingerprint density at radius 3 is 2.75 bits per heavy atom. The van der Waals surface area contributed by atoms with Gasteiger partial charge in [0.2, 0.25) is 0 Å². The van der Waals surface area contributed by atoms with E-state index in [1.807, 2.05) is 16.9 Å². The highest BCUT2D eigenvalue weighted by Crippen LogP contribution is 2.05. The summed E-state index contributed by atoms with van der Waals surface area (Å²) in [5.41, 5.74) is 5.49. The van der Waals surface area contributed by atoms with Crippen molar-refractivity contribution in [2.75, 3.05) is 25.4 Å². The zero-order chi connectivity index (χ0) is 8.39. The molecule has 2 N–H and O–H groups in total. The van der Waals surface area contributed by atoms with Crippen LogP contribution in [-0.2, 0) is 6.54 Å². The molecule has 4 nitrogen and oxygen atoms in total. The summed E-state index contributed by atoms with van der Waals surface area (Å²) in [6.07, 6.45) is 3.27. The van der Waals surface area contributed by atoms with E-state index in [9.17, 15) is 0 Å². The van der Waals surface area contributed by atoms with Crippen LogP contribution in [0.3, 0.4) is 0 Å². The van der Waals surface area contributed by atoms with E-state index in [2.05, 4.69) is 10.00 Å². The summed E-state index contributed by atoms with van der Waals surface area (Å²) in [5.74, 6) is 0.610. The van der Waals surface area contributed by atoms with Crippen molar-refractivity contribution in [1.29, 1.82) is 0 Å². The number of hydrogen-bond acceptors (Lipinski definition) is 3. The van der Waals surface area contributed by atoms with E-state index in [1.54, 1.807) is 0 Å². The Bertz CT molecular complexity index is 251. The van der Waals surface area contributed by atoms with E-state index in [0.29, 0.717) is 5.82 Å². The number of nitrogens with zero attached hydrogens (tertiary/aromatic N) is 3. The lowest BCUT2D eigenvalue weighted by Crippen LogP contribution is -2.39. The molecule has 0 aromatic carbocycles. The number of rotatable bonds is 3. The molecular weight excluding hydrogens is 152 g/mol. The lowest BCUT2D eigenvalue weighted by molar-refractivity contribution is 0.172. The van der Waals surface area contributed by atoms with E-state index in [4.69, 9.17) is 5.73 Å². The highest BCUT2D eigenvalue weighted by atomic mass is 15.3. The molecule has 0 aliphatic carbocycles. The lowest BCUT2D eigenvalue weighted by Gasteiger charge is -2.30.